The number of fused-ring (bicyclic) bond motifs is 3. The first kappa shape index (κ1) is 15.6. The Hall–Kier alpha value is -1.28. The predicted molar refractivity (Wildman–Crippen MR) is 101 cm³/mol. The summed E-state index contributed by atoms with van der Waals surface area (Å²) in [5.74, 6) is 0. The Morgan fingerprint density at radius 2 is 1.82 bits per heavy atom. The van der Waals surface area contributed by atoms with Crippen LogP contribution in [-0.2, 0) is 5.41 Å². The second kappa shape index (κ2) is 5.42. The standard InChI is InChI=1S/C20H20BBr/c1-5-6-12(2)15-10-16-14-8-7-13(22)9-17(14)20(3,4)18(16)11-19(15)21/h7-11H,2,5-6H2,1,3-4H3. The normalized spacial score (nSPS) is 14.5. The molecule has 2 aromatic rings. The fourth-order valence-corrected chi connectivity index (χ4v) is 3.87. The van der Waals surface area contributed by atoms with Crippen LogP contribution in [0.25, 0.3) is 16.7 Å². The van der Waals surface area contributed by atoms with Gasteiger partial charge in [0.15, 0.2) is 0 Å². The van der Waals surface area contributed by atoms with Gasteiger partial charge in [-0.05, 0) is 58.0 Å². The quantitative estimate of drug-likeness (QED) is 0.653. The maximum absolute atomic E-state index is 6.34. The lowest BCUT2D eigenvalue weighted by atomic mass is 9.77. The van der Waals surface area contributed by atoms with E-state index in [1.807, 2.05) is 0 Å². The van der Waals surface area contributed by atoms with Crippen LogP contribution >= 0.6 is 15.9 Å². The Labute approximate surface area is 143 Å². The highest BCUT2D eigenvalue weighted by atomic mass is 79.9. The van der Waals surface area contributed by atoms with Crippen molar-refractivity contribution in [2.45, 2.75) is 39.0 Å². The molecule has 0 aromatic heterocycles. The van der Waals surface area contributed by atoms with E-state index in [0.29, 0.717) is 0 Å². The summed E-state index contributed by atoms with van der Waals surface area (Å²) in [5.41, 5.74) is 8.34. The van der Waals surface area contributed by atoms with Crippen molar-refractivity contribution in [3.8, 4) is 11.1 Å². The van der Waals surface area contributed by atoms with E-state index in [1.165, 1.54) is 22.3 Å². The smallest absolute Gasteiger partial charge is 0.0953 e. The highest BCUT2D eigenvalue weighted by Gasteiger charge is 2.35. The fourth-order valence-electron chi connectivity index (χ4n) is 3.51. The van der Waals surface area contributed by atoms with E-state index in [1.54, 1.807) is 0 Å². The number of rotatable bonds is 3. The molecule has 22 heavy (non-hydrogen) atoms. The molecule has 0 bridgehead atoms. The molecule has 2 aromatic carbocycles. The first-order valence-electron chi connectivity index (χ1n) is 7.78. The molecule has 2 heteroatoms. The third-order valence-corrected chi connectivity index (χ3v) is 5.23. The number of benzene rings is 2. The van der Waals surface area contributed by atoms with Crippen molar-refractivity contribution >= 4 is 34.8 Å². The predicted octanol–water partition coefficient (Wildman–Crippen LogP) is 5.36. The molecule has 0 N–H and O–H groups in total. The highest BCUT2D eigenvalue weighted by molar-refractivity contribution is 9.10. The van der Waals surface area contributed by atoms with E-state index in [2.05, 4.69) is 73.6 Å². The lowest BCUT2D eigenvalue weighted by Gasteiger charge is -2.23. The van der Waals surface area contributed by atoms with Gasteiger partial charge < -0.3 is 0 Å². The molecular formula is C20H20BBr. The van der Waals surface area contributed by atoms with Crippen LogP contribution in [0.5, 0.6) is 0 Å². The van der Waals surface area contributed by atoms with Gasteiger partial charge in [0.1, 0.15) is 7.85 Å². The second-order valence-corrected chi connectivity index (χ2v) is 7.57. The van der Waals surface area contributed by atoms with Crippen LogP contribution < -0.4 is 5.46 Å². The fraction of sp³-hybridized carbons (Fsp3) is 0.300. The molecule has 1 aliphatic rings. The second-order valence-electron chi connectivity index (χ2n) is 6.65. The third-order valence-electron chi connectivity index (χ3n) is 4.74. The van der Waals surface area contributed by atoms with Gasteiger partial charge in [-0.2, -0.15) is 0 Å². The Kier molecular flexibility index (Phi) is 3.85. The summed E-state index contributed by atoms with van der Waals surface area (Å²) < 4.78 is 1.12. The molecule has 0 aliphatic heterocycles. The van der Waals surface area contributed by atoms with Crippen LogP contribution in [-0.4, -0.2) is 7.85 Å². The van der Waals surface area contributed by atoms with E-state index >= 15 is 0 Å². The third kappa shape index (κ3) is 2.29. The summed E-state index contributed by atoms with van der Waals surface area (Å²) in [6, 6.07) is 10.9. The Balaban J connectivity index is 2.24. The minimum Gasteiger partial charge on any atom is -0.0953 e. The molecular weight excluding hydrogens is 331 g/mol. The maximum atomic E-state index is 6.34. The molecule has 0 unspecified atom stereocenters. The summed E-state index contributed by atoms with van der Waals surface area (Å²) in [4.78, 5) is 0. The van der Waals surface area contributed by atoms with Crippen LogP contribution in [0.4, 0.5) is 0 Å². The zero-order valence-corrected chi connectivity index (χ0v) is 15.0. The molecule has 110 valence electrons. The summed E-state index contributed by atoms with van der Waals surface area (Å²) in [6.45, 7) is 10.9. The van der Waals surface area contributed by atoms with Crippen LogP contribution in [0, 0.1) is 0 Å². The van der Waals surface area contributed by atoms with Gasteiger partial charge >= 0.3 is 0 Å². The molecule has 0 spiro atoms. The zero-order valence-electron chi connectivity index (χ0n) is 13.5. The summed E-state index contributed by atoms with van der Waals surface area (Å²) in [7, 11) is 6.34. The topological polar surface area (TPSA) is 0 Å². The first-order valence-corrected chi connectivity index (χ1v) is 8.58. The van der Waals surface area contributed by atoms with Gasteiger partial charge in [-0.15, -0.1) is 0 Å². The molecule has 0 heterocycles. The average molecular weight is 351 g/mol. The van der Waals surface area contributed by atoms with E-state index in [-0.39, 0.29) is 5.41 Å². The molecule has 1 aliphatic carbocycles. The molecule has 0 saturated heterocycles. The van der Waals surface area contributed by atoms with Gasteiger partial charge in [-0.3, -0.25) is 0 Å². The van der Waals surface area contributed by atoms with Crippen molar-refractivity contribution in [3.63, 3.8) is 0 Å². The van der Waals surface area contributed by atoms with Crippen LogP contribution in [0.2, 0.25) is 0 Å². The van der Waals surface area contributed by atoms with E-state index in [4.69, 9.17) is 7.85 Å². The largest absolute Gasteiger partial charge is 0.114 e. The number of allylic oxidation sites excluding steroid dienone is 1. The lowest BCUT2D eigenvalue weighted by molar-refractivity contribution is 0.660. The SMILES string of the molecule is [B]c1cc2c(cc1C(=C)CCC)-c1ccc(Br)cc1C2(C)C. The zero-order chi connectivity index (χ0) is 16.1. The first-order chi connectivity index (χ1) is 10.4. The minimum absolute atomic E-state index is 0.0206. The highest BCUT2D eigenvalue weighted by Crippen LogP contribution is 2.49. The Morgan fingerprint density at radius 3 is 2.50 bits per heavy atom. The average Bonchev–Trinajstić information content (AvgIpc) is 2.67. The van der Waals surface area contributed by atoms with Crippen LogP contribution in [0.3, 0.4) is 0 Å². The van der Waals surface area contributed by atoms with E-state index < -0.39 is 0 Å². The van der Waals surface area contributed by atoms with Crippen molar-refractivity contribution in [1.29, 1.82) is 0 Å². The molecule has 0 fully saturated rings. The van der Waals surface area contributed by atoms with Gasteiger partial charge in [-0.1, -0.05) is 67.3 Å². The van der Waals surface area contributed by atoms with Gasteiger partial charge in [0.05, 0.1) is 0 Å². The van der Waals surface area contributed by atoms with E-state index in [9.17, 15) is 0 Å². The molecule has 2 radical (unpaired) electrons. The Bertz CT molecular complexity index is 772. The molecule has 0 saturated carbocycles. The summed E-state index contributed by atoms with van der Waals surface area (Å²) in [6.07, 6.45) is 2.07. The summed E-state index contributed by atoms with van der Waals surface area (Å²) in [5, 5.41) is 0. The van der Waals surface area contributed by atoms with Gasteiger partial charge in [-0.25, -0.2) is 0 Å². The van der Waals surface area contributed by atoms with Gasteiger partial charge in [0.2, 0.25) is 0 Å². The molecule has 0 nitrogen and oxygen atoms in total. The summed E-state index contributed by atoms with van der Waals surface area (Å²) >= 11 is 3.60. The van der Waals surface area contributed by atoms with Crippen molar-refractivity contribution in [2.75, 3.05) is 0 Å². The number of hydrogen-bond donors (Lipinski definition) is 0. The van der Waals surface area contributed by atoms with Gasteiger partial charge in [0.25, 0.3) is 0 Å². The maximum Gasteiger partial charge on any atom is 0.114 e. The Morgan fingerprint density at radius 1 is 1.14 bits per heavy atom. The monoisotopic (exact) mass is 350 g/mol. The van der Waals surface area contributed by atoms with Gasteiger partial charge in [0, 0.05) is 9.89 Å². The van der Waals surface area contributed by atoms with Crippen molar-refractivity contribution in [3.05, 3.63) is 58.1 Å². The van der Waals surface area contributed by atoms with Crippen molar-refractivity contribution < 1.29 is 0 Å². The minimum atomic E-state index is -0.0206. The van der Waals surface area contributed by atoms with E-state index in [0.717, 1.165) is 33.9 Å². The lowest BCUT2D eigenvalue weighted by Crippen LogP contribution is -2.19. The van der Waals surface area contributed by atoms with Crippen LogP contribution in [0.1, 0.15) is 50.3 Å². The number of hydrogen-bond acceptors (Lipinski definition) is 0. The van der Waals surface area contributed by atoms with Crippen LogP contribution in [0.15, 0.2) is 41.4 Å². The molecule has 3 rings (SSSR count). The van der Waals surface area contributed by atoms with Crippen molar-refractivity contribution in [2.24, 2.45) is 0 Å². The number of halogens is 1. The molecule has 0 atom stereocenters. The van der Waals surface area contributed by atoms with Crippen molar-refractivity contribution in [1.82, 2.24) is 0 Å². The molecule has 0 amide bonds.